The number of hydrogen-bond donors (Lipinski definition) is 3. The number of hydrogen-bond acceptors (Lipinski definition) is 5. The Hall–Kier alpha value is -2.05. The van der Waals surface area contributed by atoms with Crippen LogP contribution in [0.3, 0.4) is 0 Å². The maximum atomic E-state index is 11.7. The summed E-state index contributed by atoms with van der Waals surface area (Å²) in [5, 5.41) is 12.5. The van der Waals surface area contributed by atoms with Crippen molar-refractivity contribution in [2.45, 2.75) is 32.6 Å². The molecule has 0 spiro atoms. The largest absolute Gasteiger partial charge is 0.489 e. The second kappa shape index (κ2) is 6.15. The first-order valence-electron chi connectivity index (χ1n) is 7.07. The maximum Gasteiger partial charge on any atom is 0.311 e. The highest BCUT2D eigenvalue weighted by Crippen LogP contribution is 2.39. The molecule has 0 bridgehead atoms. The predicted molar refractivity (Wildman–Crippen MR) is 77.6 cm³/mol. The summed E-state index contributed by atoms with van der Waals surface area (Å²) < 4.78 is 5.01. The Labute approximate surface area is 122 Å². The van der Waals surface area contributed by atoms with Crippen LogP contribution in [0, 0.1) is 11.3 Å². The summed E-state index contributed by atoms with van der Waals surface area (Å²) in [5.41, 5.74) is -1.20. The molecule has 1 aliphatic rings. The van der Waals surface area contributed by atoms with Crippen LogP contribution in [0.4, 0.5) is 5.82 Å². The van der Waals surface area contributed by atoms with Crippen LogP contribution in [0.5, 0.6) is 5.75 Å². The first-order chi connectivity index (χ1) is 9.98. The number of rotatable bonds is 5. The van der Waals surface area contributed by atoms with E-state index in [2.05, 4.69) is 22.2 Å². The molecule has 2 rings (SSSR count). The third-order valence-corrected chi connectivity index (χ3v) is 4.29. The van der Waals surface area contributed by atoms with Crippen molar-refractivity contribution in [3.63, 3.8) is 0 Å². The molecule has 116 valence electrons. The van der Waals surface area contributed by atoms with Gasteiger partial charge in [-0.05, 0) is 31.6 Å². The quantitative estimate of drug-likeness (QED) is 0.760. The number of aromatic amines is 1. The van der Waals surface area contributed by atoms with E-state index in [-0.39, 0.29) is 18.1 Å². The Balaban J connectivity index is 2.15. The van der Waals surface area contributed by atoms with Gasteiger partial charge in [-0.3, -0.25) is 9.59 Å². The van der Waals surface area contributed by atoms with Crippen molar-refractivity contribution in [3.8, 4) is 5.75 Å². The number of anilines is 1. The van der Waals surface area contributed by atoms with Gasteiger partial charge in [0.2, 0.25) is 5.75 Å². The molecule has 1 fully saturated rings. The summed E-state index contributed by atoms with van der Waals surface area (Å²) in [7, 11) is 1.38. The number of H-pyrrole nitrogens is 1. The van der Waals surface area contributed by atoms with Crippen molar-refractivity contribution in [2.24, 2.45) is 11.3 Å². The lowest BCUT2D eigenvalue weighted by atomic mass is 9.71. The summed E-state index contributed by atoms with van der Waals surface area (Å²) in [6.07, 6.45) is 4.31. The van der Waals surface area contributed by atoms with E-state index in [1.165, 1.54) is 13.4 Å². The van der Waals surface area contributed by atoms with E-state index in [1.807, 2.05) is 0 Å². The monoisotopic (exact) mass is 295 g/mol. The van der Waals surface area contributed by atoms with E-state index in [9.17, 15) is 14.7 Å². The van der Waals surface area contributed by atoms with E-state index >= 15 is 0 Å². The number of nitrogens with zero attached hydrogens (tertiary/aromatic N) is 1. The second-order valence-electron chi connectivity index (χ2n) is 5.74. The molecule has 0 saturated heterocycles. The lowest BCUT2D eigenvalue weighted by Gasteiger charge is -2.36. The molecule has 0 radical (unpaired) electrons. The highest BCUT2D eigenvalue weighted by molar-refractivity contribution is 5.75. The van der Waals surface area contributed by atoms with E-state index < -0.39 is 16.9 Å². The van der Waals surface area contributed by atoms with Crippen molar-refractivity contribution in [1.29, 1.82) is 0 Å². The number of carboxylic acid groups (broad SMARTS) is 1. The minimum atomic E-state index is -0.804. The van der Waals surface area contributed by atoms with Crippen LogP contribution in [-0.2, 0) is 4.79 Å². The summed E-state index contributed by atoms with van der Waals surface area (Å²) in [6, 6.07) is 0. The van der Waals surface area contributed by atoms with Crippen LogP contribution in [0.1, 0.15) is 32.6 Å². The number of carboxylic acids is 1. The Morgan fingerprint density at radius 1 is 1.57 bits per heavy atom. The molecule has 0 amide bonds. The molecule has 21 heavy (non-hydrogen) atoms. The number of carbonyl (C=O) groups is 1. The smallest absolute Gasteiger partial charge is 0.311 e. The minimum Gasteiger partial charge on any atom is -0.489 e. The normalized spacial score (nSPS) is 25.3. The predicted octanol–water partition coefficient (Wildman–Crippen LogP) is 1.47. The molecular formula is C14H21N3O4. The molecular weight excluding hydrogens is 274 g/mol. The molecule has 1 aromatic rings. The Morgan fingerprint density at radius 3 is 2.81 bits per heavy atom. The summed E-state index contributed by atoms with van der Waals surface area (Å²) in [5.74, 6) is 0.109. The third-order valence-electron chi connectivity index (χ3n) is 4.29. The molecule has 3 N–H and O–H groups in total. The van der Waals surface area contributed by atoms with Gasteiger partial charge < -0.3 is 20.1 Å². The fourth-order valence-corrected chi connectivity index (χ4v) is 2.74. The van der Waals surface area contributed by atoms with Crippen molar-refractivity contribution in [2.75, 3.05) is 19.0 Å². The molecule has 0 atom stereocenters. The fraction of sp³-hybridized carbons (Fsp3) is 0.643. The number of aromatic nitrogens is 2. The van der Waals surface area contributed by atoms with Gasteiger partial charge in [-0.15, -0.1) is 0 Å². The SMILES string of the molecule is COc1c(NCC2(C(=O)O)CCC(C)CC2)nc[nH]c1=O. The zero-order valence-corrected chi connectivity index (χ0v) is 12.3. The van der Waals surface area contributed by atoms with E-state index in [1.54, 1.807) is 0 Å². The van der Waals surface area contributed by atoms with Gasteiger partial charge in [0.05, 0.1) is 18.9 Å². The van der Waals surface area contributed by atoms with Crippen molar-refractivity contribution in [3.05, 3.63) is 16.7 Å². The van der Waals surface area contributed by atoms with E-state index in [0.717, 1.165) is 12.8 Å². The van der Waals surface area contributed by atoms with Crippen LogP contribution in [0.2, 0.25) is 0 Å². The van der Waals surface area contributed by atoms with Gasteiger partial charge in [0.1, 0.15) is 0 Å². The van der Waals surface area contributed by atoms with Gasteiger partial charge in [-0.1, -0.05) is 6.92 Å². The van der Waals surface area contributed by atoms with Crippen LogP contribution >= 0.6 is 0 Å². The lowest BCUT2D eigenvalue weighted by Crippen LogP contribution is -2.41. The maximum absolute atomic E-state index is 11.7. The molecule has 7 nitrogen and oxygen atoms in total. The van der Waals surface area contributed by atoms with Crippen molar-refractivity contribution < 1.29 is 14.6 Å². The van der Waals surface area contributed by atoms with Crippen molar-refractivity contribution >= 4 is 11.8 Å². The highest BCUT2D eigenvalue weighted by Gasteiger charge is 2.41. The van der Waals surface area contributed by atoms with Gasteiger partial charge in [0.25, 0.3) is 5.56 Å². The molecule has 0 unspecified atom stereocenters. The van der Waals surface area contributed by atoms with Crippen LogP contribution in [0.15, 0.2) is 11.1 Å². The third kappa shape index (κ3) is 3.17. The number of methoxy groups -OCH3 is 1. The zero-order valence-electron chi connectivity index (χ0n) is 12.3. The van der Waals surface area contributed by atoms with Crippen LogP contribution < -0.4 is 15.6 Å². The molecule has 7 heteroatoms. The summed E-state index contributed by atoms with van der Waals surface area (Å²) in [4.78, 5) is 29.7. The average Bonchev–Trinajstić information content (AvgIpc) is 2.47. The molecule has 0 aromatic carbocycles. The summed E-state index contributed by atoms with van der Waals surface area (Å²) in [6.45, 7) is 2.38. The van der Waals surface area contributed by atoms with Gasteiger partial charge in [-0.2, -0.15) is 0 Å². The fourth-order valence-electron chi connectivity index (χ4n) is 2.74. The molecule has 1 aliphatic carbocycles. The van der Waals surface area contributed by atoms with Gasteiger partial charge in [0, 0.05) is 6.54 Å². The first-order valence-corrected chi connectivity index (χ1v) is 7.07. The Kier molecular flexibility index (Phi) is 4.50. The minimum absolute atomic E-state index is 0.0715. The van der Waals surface area contributed by atoms with Crippen LogP contribution in [0.25, 0.3) is 0 Å². The van der Waals surface area contributed by atoms with E-state index in [0.29, 0.717) is 18.8 Å². The lowest BCUT2D eigenvalue weighted by molar-refractivity contribution is -0.150. The van der Waals surface area contributed by atoms with E-state index in [4.69, 9.17) is 4.74 Å². The van der Waals surface area contributed by atoms with Crippen LogP contribution in [-0.4, -0.2) is 34.7 Å². The second-order valence-corrected chi connectivity index (χ2v) is 5.74. The van der Waals surface area contributed by atoms with Crippen molar-refractivity contribution in [1.82, 2.24) is 9.97 Å². The first kappa shape index (κ1) is 15.3. The molecule has 1 heterocycles. The topological polar surface area (TPSA) is 104 Å². The Bertz CT molecular complexity index is 562. The highest BCUT2D eigenvalue weighted by atomic mass is 16.5. The number of aliphatic carboxylic acids is 1. The van der Waals surface area contributed by atoms with Gasteiger partial charge in [0.15, 0.2) is 5.82 Å². The number of ether oxygens (including phenoxy) is 1. The molecule has 1 saturated carbocycles. The zero-order chi connectivity index (χ0) is 15.5. The Morgan fingerprint density at radius 2 is 2.24 bits per heavy atom. The van der Waals surface area contributed by atoms with Gasteiger partial charge >= 0.3 is 5.97 Å². The van der Waals surface area contributed by atoms with Gasteiger partial charge in [-0.25, -0.2) is 4.98 Å². The molecule has 1 aromatic heterocycles. The standard InChI is InChI=1S/C14H21N3O4/c1-9-3-5-14(6-4-9,13(19)20)7-15-11-10(21-2)12(18)17-8-16-11/h8-9H,3-7H2,1-2H3,(H,19,20)(H2,15,16,17,18). The number of nitrogens with one attached hydrogen (secondary N) is 2. The molecule has 0 aliphatic heterocycles. The summed E-state index contributed by atoms with van der Waals surface area (Å²) >= 11 is 0. The average molecular weight is 295 g/mol.